The minimum Gasteiger partial charge on any atom is -0.481 e. The van der Waals surface area contributed by atoms with E-state index in [1.54, 1.807) is 19.1 Å². The minimum absolute atomic E-state index is 0.0233. The van der Waals surface area contributed by atoms with Crippen LogP contribution in [0.25, 0.3) is 0 Å². The highest BCUT2D eigenvalue weighted by molar-refractivity contribution is 5.69. The summed E-state index contributed by atoms with van der Waals surface area (Å²) < 4.78 is 2.05. The van der Waals surface area contributed by atoms with Crippen molar-refractivity contribution in [2.45, 2.75) is 40.2 Å². The lowest BCUT2D eigenvalue weighted by Crippen LogP contribution is -2.15. The van der Waals surface area contributed by atoms with Crippen molar-refractivity contribution in [2.75, 3.05) is 0 Å². The third-order valence-corrected chi connectivity index (χ3v) is 2.99. The molecule has 4 nitrogen and oxygen atoms in total. The molecule has 1 aromatic heterocycles. The van der Waals surface area contributed by atoms with Crippen LogP contribution in [0.1, 0.15) is 31.2 Å². The average Bonchev–Trinajstić information content (AvgIpc) is 2.21. The smallest absolute Gasteiger partial charge is 0.306 e. The monoisotopic (exact) mass is 237 g/mol. The van der Waals surface area contributed by atoms with Gasteiger partial charge in [-0.05, 0) is 26.7 Å². The SMILES string of the molecule is Cc1cc(=O)cc(C)n1CCCC(C)C(=O)O. The predicted molar refractivity (Wildman–Crippen MR) is 66.2 cm³/mol. The molecular weight excluding hydrogens is 218 g/mol. The molecule has 1 rings (SSSR count). The first-order valence-electron chi connectivity index (χ1n) is 5.82. The van der Waals surface area contributed by atoms with E-state index in [4.69, 9.17) is 5.11 Å². The van der Waals surface area contributed by atoms with Crippen molar-refractivity contribution < 1.29 is 9.90 Å². The van der Waals surface area contributed by atoms with Gasteiger partial charge in [-0.15, -0.1) is 0 Å². The summed E-state index contributed by atoms with van der Waals surface area (Å²) >= 11 is 0. The van der Waals surface area contributed by atoms with E-state index in [1.807, 2.05) is 13.8 Å². The summed E-state index contributed by atoms with van der Waals surface area (Å²) in [5, 5.41) is 8.78. The van der Waals surface area contributed by atoms with Gasteiger partial charge in [0.25, 0.3) is 0 Å². The Morgan fingerprint density at radius 3 is 2.35 bits per heavy atom. The van der Waals surface area contributed by atoms with Crippen LogP contribution >= 0.6 is 0 Å². The van der Waals surface area contributed by atoms with Gasteiger partial charge in [0.05, 0.1) is 5.92 Å². The highest BCUT2D eigenvalue weighted by Crippen LogP contribution is 2.09. The van der Waals surface area contributed by atoms with Gasteiger partial charge in [-0.25, -0.2) is 0 Å². The molecule has 0 saturated heterocycles. The number of hydrogen-bond acceptors (Lipinski definition) is 2. The molecule has 17 heavy (non-hydrogen) atoms. The molecule has 1 atom stereocenters. The number of carbonyl (C=O) groups is 1. The first-order chi connectivity index (χ1) is 7.91. The maximum absolute atomic E-state index is 11.2. The molecule has 0 bridgehead atoms. The summed E-state index contributed by atoms with van der Waals surface area (Å²) in [5.74, 6) is -1.06. The molecular formula is C13H19NO3. The zero-order valence-electron chi connectivity index (χ0n) is 10.6. The summed E-state index contributed by atoms with van der Waals surface area (Å²) in [6.45, 7) is 6.27. The van der Waals surface area contributed by atoms with E-state index in [2.05, 4.69) is 4.57 Å². The van der Waals surface area contributed by atoms with Crippen LogP contribution in [0.2, 0.25) is 0 Å². The topological polar surface area (TPSA) is 59.3 Å². The average molecular weight is 237 g/mol. The summed E-state index contributed by atoms with van der Waals surface area (Å²) in [6, 6.07) is 3.21. The van der Waals surface area contributed by atoms with Crippen LogP contribution in [-0.2, 0) is 11.3 Å². The van der Waals surface area contributed by atoms with E-state index in [1.165, 1.54) is 0 Å². The summed E-state index contributed by atoms with van der Waals surface area (Å²) in [7, 11) is 0. The summed E-state index contributed by atoms with van der Waals surface area (Å²) in [5.41, 5.74) is 1.88. The second-order valence-corrected chi connectivity index (χ2v) is 4.51. The Bertz CT molecular complexity index is 436. The maximum Gasteiger partial charge on any atom is 0.306 e. The molecule has 94 valence electrons. The molecule has 0 aliphatic carbocycles. The van der Waals surface area contributed by atoms with Crippen LogP contribution < -0.4 is 5.43 Å². The van der Waals surface area contributed by atoms with Gasteiger partial charge in [0.1, 0.15) is 0 Å². The van der Waals surface area contributed by atoms with Gasteiger partial charge >= 0.3 is 5.97 Å². The lowest BCUT2D eigenvalue weighted by Gasteiger charge is -2.14. The Hall–Kier alpha value is -1.58. The van der Waals surface area contributed by atoms with Crippen molar-refractivity contribution in [1.82, 2.24) is 4.57 Å². The number of pyridine rings is 1. The Balaban J connectivity index is 2.64. The van der Waals surface area contributed by atoms with E-state index < -0.39 is 5.97 Å². The molecule has 0 amide bonds. The van der Waals surface area contributed by atoms with Gasteiger partial charge in [0, 0.05) is 30.1 Å². The molecule has 0 saturated carbocycles. The number of aliphatic carboxylic acids is 1. The standard InChI is InChI=1S/C13H19NO3/c1-9(13(16)17)5-4-6-14-10(2)7-12(15)8-11(14)3/h7-9H,4-6H2,1-3H3,(H,16,17). The second kappa shape index (κ2) is 5.66. The highest BCUT2D eigenvalue weighted by atomic mass is 16.4. The van der Waals surface area contributed by atoms with E-state index in [0.717, 1.165) is 24.4 Å². The van der Waals surface area contributed by atoms with E-state index in [0.29, 0.717) is 6.42 Å². The summed E-state index contributed by atoms with van der Waals surface area (Å²) in [6.07, 6.45) is 1.46. The number of carboxylic acids is 1. The molecule has 0 spiro atoms. The predicted octanol–water partition coefficient (Wildman–Crippen LogP) is 1.97. The van der Waals surface area contributed by atoms with Crippen LogP contribution in [0.15, 0.2) is 16.9 Å². The van der Waals surface area contributed by atoms with Crippen LogP contribution in [0.4, 0.5) is 0 Å². The molecule has 1 N–H and O–H groups in total. The van der Waals surface area contributed by atoms with Gasteiger partial charge < -0.3 is 9.67 Å². The van der Waals surface area contributed by atoms with Gasteiger partial charge in [-0.1, -0.05) is 6.92 Å². The molecule has 4 heteroatoms. The largest absolute Gasteiger partial charge is 0.481 e. The molecule has 0 aliphatic heterocycles. The van der Waals surface area contributed by atoms with Crippen molar-refractivity contribution in [2.24, 2.45) is 5.92 Å². The molecule has 1 aromatic rings. The zero-order chi connectivity index (χ0) is 13.0. The van der Waals surface area contributed by atoms with Crippen molar-refractivity contribution in [3.05, 3.63) is 33.7 Å². The third-order valence-electron chi connectivity index (χ3n) is 2.99. The van der Waals surface area contributed by atoms with E-state index in [9.17, 15) is 9.59 Å². The number of aryl methyl sites for hydroxylation is 2. The second-order valence-electron chi connectivity index (χ2n) is 4.51. The highest BCUT2D eigenvalue weighted by Gasteiger charge is 2.10. The Kier molecular flexibility index (Phi) is 4.49. The Morgan fingerprint density at radius 2 is 1.88 bits per heavy atom. The van der Waals surface area contributed by atoms with Crippen LogP contribution in [0.3, 0.4) is 0 Å². The lowest BCUT2D eigenvalue weighted by molar-refractivity contribution is -0.141. The lowest BCUT2D eigenvalue weighted by atomic mass is 10.1. The Morgan fingerprint density at radius 1 is 1.35 bits per heavy atom. The van der Waals surface area contributed by atoms with Crippen LogP contribution in [0, 0.1) is 19.8 Å². The molecule has 0 radical (unpaired) electrons. The molecule has 0 fully saturated rings. The third kappa shape index (κ3) is 3.73. The van der Waals surface area contributed by atoms with Gasteiger partial charge in [0.15, 0.2) is 5.43 Å². The summed E-state index contributed by atoms with van der Waals surface area (Å²) in [4.78, 5) is 21.9. The van der Waals surface area contributed by atoms with Crippen LogP contribution in [0.5, 0.6) is 0 Å². The number of carboxylic acid groups (broad SMARTS) is 1. The van der Waals surface area contributed by atoms with Crippen molar-refractivity contribution in [1.29, 1.82) is 0 Å². The van der Waals surface area contributed by atoms with Crippen molar-refractivity contribution in [3.8, 4) is 0 Å². The maximum atomic E-state index is 11.2. The fourth-order valence-corrected chi connectivity index (χ4v) is 1.92. The minimum atomic E-state index is -0.752. The number of rotatable bonds is 5. The van der Waals surface area contributed by atoms with Gasteiger partial charge in [-0.2, -0.15) is 0 Å². The molecule has 0 aliphatic rings. The Labute approximate surface area is 101 Å². The van der Waals surface area contributed by atoms with Gasteiger partial charge in [-0.3, -0.25) is 9.59 Å². The zero-order valence-corrected chi connectivity index (χ0v) is 10.6. The first kappa shape index (κ1) is 13.5. The number of aromatic nitrogens is 1. The van der Waals surface area contributed by atoms with E-state index in [-0.39, 0.29) is 11.3 Å². The number of hydrogen-bond donors (Lipinski definition) is 1. The van der Waals surface area contributed by atoms with Crippen LogP contribution in [-0.4, -0.2) is 15.6 Å². The molecule has 0 aromatic carbocycles. The van der Waals surface area contributed by atoms with E-state index >= 15 is 0 Å². The molecule has 1 heterocycles. The van der Waals surface area contributed by atoms with Gasteiger partial charge in [0.2, 0.25) is 0 Å². The van der Waals surface area contributed by atoms with Crippen molar-refractivity contribution >= 4 is 5.97 Å². The first-order valence-corrected chi connectivity index (χ1v) is 5.82. The fourth-order valence-electron chi connectivity index (χ4n) is 1.92. The normalized spacial score (nSPS) is 12.4. The quantitative estimate of drug-likeness (QED) is 0.851. The molecule has 1 unspecified atom stereocenters. The fraction of sp³-hybridized carbons (Fsp3) is 0.538. The van der Waals surface area contributed by atoms with Crippen molar-refractivity contribution in [3.63, 3.8) is 0 Å². The number of nitrogens with zero attached hydrogens (tertiary/aromatic N) is 1.